The summed E-state index contributed by atoms with van der Waals surface area (Å²) in [6, 6.07) is 0. The van der Waals surface area contributed by atoms with Gasteiger partial charge in [-0.25, -0.2) is 0 Å². The summed E-state index contributed by atoms with van der Waals surface area (Å²) in [6.07, 6.45) is 4.13. The third kappa shape index (κ3) is 0.887. The van der Waals surface area contributed by atoms with Crippen LogP contribution in [0.15, 0.2) is 12.2 Å². The van der Waals surface area contributed by atoms with Crippen molar-refractivity contribution in [3.8, 4) is 0 Å². The van der Waals surface area contributed by atoms with E-state index in [1.165, 1.54) is 0 Å². The van der Waals surface area contributed by atoms with Gasteiger partial charge in [-0.15, -0.1) is 0 Å². The molecule has 1 aliphatic heterocycles. The lowest BCUT2D eigenvalue weighted by atomic mass is 9.68. The van der Waals surface area contributed by atoms with Gasteiger partial charge in [0.1, 0.15) is 0 Å². The van der Waals surface area contributed by atoms with Crippen LogP contribution in [0, 0.1) is 23.2 Å². The summed E-state index contributed by atoms with van der Waals surface area (Å²) in [4.78, 5) is 34.2. The number of fused-ring (bicyclic) bond motifs is 5. The van der Waals surface area contributed by atoms with Crippen molar-refractivity contribution in [2.24, 2.45) is 23.2 Å². The van der Waals surface area contributed by atoms with Gasteiger partial charge in [0.2, 0.25) is 0 Å². The smallest absolute Gasteiger partial charge is 0.321 e. The summed E-state index contributed by atoms with van der Waals surface area (Å²) < 4.78 is 4.63. The van der Waals surface area contributed by atoms with Gasteiger partial charge < -0.3 is 9.84 Å². The molecule has 1 N–H and O–H groups in total. The summed E-state index contributed by atoms with van der Waals surface area (Å²) in [6.45, 7) is 0. The van der Waals surface area contributed by atoms with Crippen molar-refractivity contribution in [1.29, 1.82) is 0 Å². The van der Waals surface area contributed by atoms with E-state index in [1.54, 1.807) is 0 Å². The molecule has 3 aliphatic rings. The lowest BCUT2D eigenvalue weighted by Gasteiger charge is -2.28. The number of rotatable bonds is 2. The number of carbonyl (C=O) groups is 3. The Morgan fingerprint density at radius 2 is 2.25 bits per heavy atom. The molecule has 84 valence electrons. The van der Waals surface area contributed by atoms with Crippen LogP contribution in [0.2, 0.25) is 0 Å². The minimum atomic E-state index is -1.12. The summed E-state index contributed by atoms with van der Waals surface area (Å²) in [7, 11) is 0. The molecule has 5 nitrogen and oxygen atoms in total. The second kappa shape index (κ2) is 2.72. The molecule has 0 radical (unpaired) electrons. The van der Waals surface area contributed by atoms with Crippen LogP contribution in [0.1, 0.15) is 12.8 Å². The Kier molecular flexibility index (Phi) is 1.63. The van der Waals surface area contributed by atoms with Crippen molar-refractivity contribution in [3.05, 3.63) is 12.2 Å². The summed E-state index contributed by atoms with van der Waals surface area (Å²) in [5, 5.41) is 8.90. The van der Waals surface area contributed by atoms with Gasteiger partial charge in [-0.3, -0.25) is 14.4 Å². The average molecular weight is 222 g/mol. The van der Waals surface area contributed by atoms with Crippen molar-refractivity contribution >= 4 is 17.9 Å². The molecule has 1 unspecified atom stereocenters. The molecule has 5 heteroatoms. The first kappa shape index (κ1) is 9.57. The monoisotopic (exact) mass is 222 g/mol. The minimum absolute atomic E-state index is 0.0247. The van der Waals surface area contributed by atoms with Gasteiger partial charge in [0.15, 0.2) is 0 Å². The molecule has 1 saturated heterocycles. The van der Waals surface area contributed by atoms with E-state index in [4.69, 9.17) is 5.11 Å². The van der Waals surface area contributed by atoms with E-state index in [1.807, 2.05) is 12.2 Å². The Balaban J connectivity index is 2.10. The molecule has 0 amide bonds. The van der Waals surface area contributed by atoms with Crippen LogP contribution in [0.5, 0.6) is 0 Å². The summed E-state index contributed by atoms with van der Waals surface area (Å²) in [5.41, 5.74) is -1.12. The van der Waals surface area contributed by atoms with E-state index in [-0.39, 0.29) is 18.3 Å². The van der Waals surface area contributed by atoms with Gasteiger partial charge >= 0.3 is 17.9 Å². The fourth-order valence-electron chi connectivity index (χ4n) is 3.45. The summed E-state index contributed by atoms with van der Waals surface area (Å²) in [5.74, 6) is -3.02. The Morgan fingerprint density at radius 3 is 2.94 bits per heavy atom. The number of cyclic esters (lactones) is 2. The number of allylic oxidation sites excluding steroid dienone is 2. The van der Waals surface area contributed by atoms with E-state index in [0.717, 1.165) is 0 Å². The average Bonchev–Trinajstić information content (AvgIpc) is 2.79. The molecule has 2 fully saturated rings. The number of carboxylic acids is 1. The number of ether oxygens (including phenoxy) is 1. The van der Waals surface area contributed by atoms with Crippen LogP contribution in [0.4, 0.5) is 0 Å². The molecule has 16 heavy (non-hydrogen) atoms. The highest BCUT2D eigenvalue weighted by atomic mass is 16.6. The van der Waals surface area contributed by atoms with Crippen molar-refractivity contribution in [2.75, 3.05) is 0 Å². The molecule has 1 saturated carbocycles. The first-order chi connectivity index (χ1) is 7.55. The minimum Gasteiger partial charge on any atom is -0.481 e. The van der Waals surface area contributed by atoms with Crippen molar-refractivity contribution < 1.29 is 24.2 Å². The van der Waals surface area contributed by atoms with E-state index in [0.29, 0.717) is 6.42 Å². The highest BCUT2D eigenvalue weighted by molar-refractivity contribution is 6.02. The number of esters is 2. The zero-order valence-electron chi connectivity index (χ0n) is 8.38. The lowest BCUT2D eigenvalue weighted by Crippen LogP contribution is -2.39. The number of hydrogen-bond acceptors (Lipinski definition) is 4. The fraction of sp³-hybridized carbons (Fsp3) is 0.545. The number of carbonyl (C=O) groups excluding carboxylic acids is 2. The first-order valence-electron chi connectivity index (χ1n) is 5.22. The Bertz CT molecular complexity index is 438. The zero-order valence-corrected chi connectivity index (χ0v) is 8.38. The maximum absolute atomic E-state index is 11.8. The molecule has 4 atom stereocenters. The molecule has 0 spiro atoms. The van der Waals surface area contributed by atoms with Crippen molar-refractivity contribution in [3.63, 3.8) is 0 Å². The Morgan fingerprint density at radius 1 is 1.50 bits per heavy atom. The van der Waals surface area contributed by atoms with E-state index in [9.17, 15) is 14.4 Å². The third-order valence-corrected chi connectivity index (χ3v) is 4.03. The Labute approximate surface area is 91.1 Å². The zero-order chi connectivity index (χ0) is 11.5. The number of aliphatic carboxylic acids is 1. The lowest BCUT2D eigenvalue weighted by molar-refractivity contribution is -0.159. The molecule has 0 aromatic carbocycles. The summed E-state index contributed by atoms with van der Waals surface area (Å²) >= 11 is 0. The van der Waals surface area contributed by atoms with E-state index < -0.39 is 29.2 Å². The van der Waals surface area contributed by atoms with E-state index in [2.05, 4.69) is 4.74 Å². The highest BCUT2D eigenvalue weighted by Gasteiger charge is 2.69. The maximum Gasteiger partial charge on any atom is 0.321 e. The third-order valence-electron chi connectivity index (χ3n) is 4.03. The second-order valence-electron chi connectivity index (χ2n) is 4.69. The van der Waals surface area contributed by atoms with Crippen molar-refractivity contribution in [2.45, 2.75) is 12.8 Å². The van der Waals surface area contributed by atoms with Gasteiger partial charge in [-0.05, 0) is 18.3 Å². The highest BCUT2D eigenvalue weighted by Crippen LogP contribution is 2.61. The molecule has 2 bridgehead atoms. The van der Waals surface area contributed by atoms with E-state index >= 15 is 0 Å². The second-order valence-corrected chi connectivity index (χ2v) is 4.69. The van der Waals surface area contributed by atoms with Crippen molar-refractivity contribution in [1.82, 2.24) is 0 Å². The topological polar surface area (TPSA) is 80.7 Å². The number of carboxylic acid groups (broad SMARTS) is 1. The maximum atomic E-state index is 11.8. The molecule has 0 aromatic heterocycles. The van der Waals surface area contributed by atoms with Crippen LogP contribution in [0.3, 0.4) is 0 Å². The Hall–Kier alpha value is -1.65. The standard InChI is InChI=1S/C11H10O5/c12-7(13)4-11-6-2-1-5(3-6)8(11)9(14)16-10(11)15/h1-2,5-6,8H,3-4H2,(H,12,13)/t5-,6+,8+,11?/m1/s1. The van der Waals surface area contributed by atoms with Gasteiger partial charge in [-0.1, -0.05) is 12.2 Å². The van der Waals surface area contributed by atoms with Crippen LogP contribution in [0.25, 0.3) is 0 Å². The van der Waals surface area contributed by atoms with Crippen LogP contribution in [-0.4, -0.2) is 23.0 Å². The quantitative estimate of drug-likeness (QED) is 0.414. The SMILES string of the molecule is O=C(O)CC12C(=O)OC(=O)[C@@H]1[C@@H]1C=C[C@H]2C1. The normalized spacial score (nSPS) is 43.6. The fourth-order valence-corrected chi connectivity index (χ4v) is 3.45. The molecule has 3 rings (SSSR count). The number of hydrogen-bond donors (Lipinski definition) is 1. The predicted octanol–water partition coefficient (Wildman–Crippen LogP) is 0.353. The molecule has 2 aliphatic carbocycles. The molecular weight excluding hydrogens is 212 g/mol. The van der Waals surface area contributed by atoms with Gasteiger partial charge in [0.05, 0.1) is 17.8 Å². The molecule has 0 aromatic rings. The predicted molar refractivity (Wildman–Crippen MR) is 50.0 cm³/mol. The van der Waals surface area contributed by atoms with Crippen LogP contribution in [-0.2, 0) is 19.1 Å². The largest absolute Gasteiger partial charge is 0.481 e. The first-order valence-corrected chi connectivity index (χ1v) is 5.22. The van der Waals surface area contributed by atoms with Gasteiger partial charge in [0.25, 0.3) is 0 Å². The van der Waals surface area contributed by atoms with Crippen LogP contribution >= 0.6 is 0 Å². The van der Waals surface area contributed by atoms with Gasteiger partial charge in [-0.2, -0.15) is 0 Å². The van der Waals surface area contributed by atoms with Crippen LogP contribution < -0.4 is 0 Å². The van der Waals surface area contributed by atoms with Gasteiger partial charge in [0, 0.05) is 0 Å². The molecule has 1 heterocycles. The molecular formula is C11H10O5.